The Hall–Kier alpha value is -0.600. The number of hydrogen-bond acceptors (Lipinski definition) is 2. The lowest BCUT2D eigenvalue weighted by Crippen LogP contribution is -2.18. The molecule has 1 unspecified atom stereocenters. The van der Waals surface area contributed by atoms with Crippen molar-refractivity contribution < 1.29 is 0 Å². The smallest absolute Gasteiger partial charge is 0.134 e. The van der Waals surface area contributed by atoms with Crippen molar-refractivity contribution in [2.75, 3.05) is 13.6 Å². The van der Waals surface area contributed by atoms with Gasteiger partial charge in [0.05, 0.1) is 0 Å². The number of rotatable bonds is 1. The van der Waals surface area contributed by atoms with Gasteiger partial charge in [0.25, 0.3) is 0 Å². The molecule has 0 bridgehead atoms. The Labute approximate surface area is 89.9 Å². The fourth-order valence-electron chi connectivity index (χ4n) is 2.09. The highest BCUT2D eigenvalue weighted by Crippen LogP contribution is 2.33. The van der Waals surface area contributed by atoms with E-state index >= 15 is 0 Å². The van der Waals surface area contributed by atoms with Crippen LogP contribution in [0.2, 0.25) is 5.15 Å². The second kappa shape index (κ2) is 3.87. The van der Waals surface area contributed by atoms with Crippen LogP contribution in [0.1, 0.15) is 30.1 Å². The zero-order valence-electron chi connectivity index (χ0n) is 8.63. The maximum Gasteiger partial charge on any atom is 0.134 e. The lowest BCUT2D eigenvalue weighted by Gasteiger charge is -2.20. The summed E-state index contributed by atoms with van der Waals surface area (Å²) in [5.41, 5.74) is 2.16. The van der Waals surface area contributed by atoms with Crippen LogP contribution in [0, 0.1) is 6.92 Å². The minimum atomic E-state index is 0.468. The summed E-state index contributed by atoms with van der Waals surface area (Å²) >= 11 is 6.14. The molecular formula is C11H15ClN2. The largest absolute Gasteiger partial charge is 0.299 e. The highest BCUT2D eigenvalue weighted by Gasteiger charge is 2.24. The van der Waals surface area contributed by atoms with E-state index in [-0.39, 0.29) is 0 Å². The molecule has 1 aliphatic heterocycles. The normalized spacial score (nSPS) is 22.9. The van der Waals surface area contributed by atoms with Gasteiger partial charge >= 0.3 is 0 Å². The second-order valence-electron chi connectivity index (χ2n) is 3.97. The van der Waals surface area contributed by atoms with Crippen LogP contribution in [-0.4, -0.2) is 23.5 Å². The number of hydrogen-bond donors (Lipinski definition) is 0. The van der Waals surface area contributed by atoms with E-state index in [1.807, 2.05) is 13.0 Å². The van der Waals surface area contributed by atoms with Crippen molar-refractivity contribution in [3.8, 4) is 0 Å². The maximum atomic E-state index is 6.14. The van der Waals surface area contributed by atoms with Crippen LogP contribution in [0.3, 0.4) is 0 Å². The Bertz CT molecular complexity index is 338. The van der Waals surface area contributed by atoms with Gasteiger partial charge in [-0.2, -0.15) is 0 Å². The molecule has 0 aromatic carbocycles. The summed E-state index contributed by atoms with van der Waals surface area (Å²) in [5.74, 6) is 0. The second-order valence-corrected chi connectivity index (χ2v) is 4.33. The Morgan fingerprint density at radius 1 is 1.50 bits per heavy atom. The van der Waals surface area contributed by atoms with E-state index in [2.05, 4.69) is 23.0 Å². The van der Waals surface area contributed by atoms with Crippen LogP contribution in [0.15, 0.2) is 12.1 Å². The summed E-state index contributed by atoms with van der Waals surface area (Å²) in [5, 5.41) is 0.670. The summed E-state index contributed by atoms with van der Waals surface area (Å²) in [6, 6.07) is 4.61. The van der Waals surface area contributed by atoms with Gasteiger partial charge in [0.1, 0.15) is 5.15 Å². The predicted octanol–water partition coefficient (Wildman–Crippen LogP) is 2.81. The summed E-state index contributed by atoms with van der Waals surface area (Å²) in [4.78, 5) is 6.64. The number of aromatic nitrogens is 1. The molecule has 2 rings (SSSR count). The molecule has 0 saturated carbocycles. The van der Waals surface area contributed by atoms with Crippen LogP contribution < -0.4 is 0 Å². The number of pyridine rings is 1. The molecule has 2 heterocycles. The molecule has 1 atom stereocenters. The first-order chi connectivity index (χ1) is 6.68. The van der Waals surface area contributed by atoms with Gasteiger partial charge in [0, 0.05) is 17.3 Å². The van der Waals surface area contributed by atoms with Gasteiger partial charge in [-0.3, -0.25) is 4.90 Å². The van der Waals surface area contributed by atoms with E-state index in [1.54, 1.807) is 0 Å². The van der Waals surface area contributed by atoms with Gasteiger partial charge in [0.15, 0.2) is 0 Å². The number of likely N-dealkylation sites (tertiary alicyclic amines) is 1. The van der Waals surface area contributed by atoms with Crippen molar-refractivity contribution in [3.05, 3.63) is 28.5 Å². The molecule has 0 N–H and O–H groups in total. The fraction of sp³-hybridized carbons (Fsp3) is 0.545. The van der Waals surface area contributed by atoms with Crippen molar-refractivity contribution in [2.45, 2.75) is 25.8 Å². The Morgan fingerprint density at radius 3 is 2.86 bits per heavy atom. The monoisotopic (exact) mass is 210 g/mol. The Morgan fingerprint density at radius 2 is 2.29 bits per heavy atom. The molecule has 1 saturated heterocycles. The van der Waals surface area contributed by atoms with E-state index < -0.39 is 0 Å². The molecule has 1 aliphatic rings. The Balaban J connectivity index is 2.31. The third-order valence-corrected chi connectivity index (χ3v) is 3.20. The van der Waals surface area contributed by atoms with Crippen molar-refractivity contribution in [3.63, 3.8) is 0 Å². The number of nitrogens with zero attached hydrogens (tertiary/aromatic N) is 2. The first kappa shape index (κ1) is 9.94. The average molecular weight is 211 g/mol. The van der Waals surface area contributed by atoms with E-state index in [1.165, 1.54) is 18.4 Å². The van der Waals surface area contributed by atoms with Gasteiger partial charge in [-0.15, -0.1) is 0 Å². The molecule has 0 spiro atoms. The van der Waals surface area contributed by atoms with Crippen molar-refractivity contribution in [2.24, 2.45) is 0 Å². The van der Waals surface area contributed by atoms with Gasteiger partial charge in [-0.25, -0.2) is 4.98 Å². The van der Waals surface area contributed by atoms with Crippen LogP contribution in [0.25, 0.3) is 0 Å². The molecule has 0 aliphatic carbocycles. The molecule has 1 aromatic heterocycles. The van der Waals surface area contributed by atoms with Gasteiger partial charge in [-0.1, -0.05) is 17.7 Å². The zero-order chi connectivity index (χ0) is 10.1. The Kier molecular flexibility index (Phi) is 2.75. The van der Waals surface area contributed by atoms with Gasteiger partial charge < -0.3 is 0 Å². The van der Waals surface area contributed by atoms with Crippen LogP contribution in [0.5, 0.6) is 0 Å². The third kappa shape index (κ3) is 1.77. The quantitative estimate of drug-likeness (QED) is 0.663. The molecule has 1 aromatic rings. The first-order valence-electron chi connectivity index (χ1n) is 5.02. The highest BCUT2D eigenvalue weighted by molar-refractivity contribution is 6.30. The minimum absolute atomic E-state index is 0.468. The summed E-state index contributed by atoms with van der Waals surface area (Å²) in [7, 11) is 2.15. The SMILES string of the molecule is Cc1ccc(C2CCCN2C)c(Cl)n1. The molecule has 76 valence electrons. The standard InChI is InChI=1S/C11H15ClN2/c1-8-5-6-9(11(12)13-8)10-4-3-7-14(10)2/h5-6,10H,3-4,7H2,1-2H3. The maximum absolute atomic E-state index is 6.14. The van der Waals surface area contributed by atoms with E-state index in [9.17, 15) is 0 Å². The van der Waals surface area contributed by atoms with Crippen molar-refractivity contribution in [1.29, 1.82) is 0 Å². The lowest BCUT2D eigenvalue weighted by molar-refractivity contribution is 0.317. The van der Waals surface area contributed by atoms with E-state index in [4.69, 9.17) is 11.6 Å². The third-order valence-electron chi connectivity index (χ3n) is 2.90. The van der Waals surface area contributed by atoms with Gasteiger partial charge in [0.2, 0.25) is 0 Å². The molecule has 0 radical (unpaired) electrons. The topological polar surface area (TPSA) is 16.1 Å². The average Bonchev–Trinajstić information content (AvgIpc) is 2.52. The molecule has 3 heteroatoms. The van der Waals surface area contributed by atoms with E-state index in [0.29, 0.717) is 11.2 Å². The molecular weight excluding hydrogens is 196 g/mol. The lowest BCUT2D eigenvalue weighted by atomic mass is 10.1. The van der Waals surface area contributed by atoms with Crippen LogP contribution in [0.4, 0.5) is 0 Å². The summed E-state index contributed by atoms with van der Waals surface area (Å²) in [6.07, 6.45) is 2.45. The molecule has 14 heavy (non-hydrogen) atoms. The van der Waals surface area contributed by atoms with Crippen LogP contribution >= 0.6 is 11.6 Å². The number of halogens is 1. The summed E-state index contributed by atoms with van der Waals surface area (Å²) < 4.78 is 0. The molecule has 2 nitrogen and oxygen atoms in total. The highest BCUT2D eigenvalue weighted by atomic mass is 35.5. The fourth-order valence-corrected chi connectivity index (χ4v) is 2.41. The van der Waals surface area contributed by atoms with Crippen molar-refractivity contribution >= 4 is 11.6 Å². The number of aryl methyl sites for hydroxylation is 1. The first-order valence-corrected chi connectivity index (χ1v) is 5.39. The van der Waals surface area contributed by atoms with Crippen molar-refractivity contribution in [1.82, 2.24) is 9.88 Å². The predicted molar refractivity (Wildman–Crippen MR) is 58.6 cm³/mol. The van der Waals surface area contributed by atoms with Crippen LogP contribution in [-0.2, 0) is 0 Å². The van der Waals surface area contributed by atoms with Gasteiger partial charge in [-0.05, 0) is 39.4 Å². The molecule has 1 fully saturated rings. The van der Waals surface area contributed by atoms with E-state index in [0.717, 1.165) is 12.2 Å². The summed E-state index contributed by atoms with van der Waals surface area (Å²) in [6.45, 7) is 3.13. The minimum Gasteiger partial charge on any atom is -0.299 e. The zero-order valence-corrected chi connectivity index (χ0v) is 9.38. The molecule has 0 amide bonds.